The van der Waals surface area contributed by atoms with Crippen LogP contribution >= 0.6 is 0 Å². The third-order valence-electron chi connectivity index (χ3n) is 3.37. The number of carboxylic acids is 1. The molecule has 2 atom stereocenters. The predicted octanol–water partition coefficient (Wildman–Crippen LogP) is -2.52. The molecule has 0 aromatic carbocycles. The number of carboxylic acid groups (broad SMARTS) is 1. The molecule has 0 radical (unpaired) electrons. The fourth-order valence-electron chi connectivity index (χ4n) is 2.24. The molecule has 1 aliphatic heterocycles. The van der Waals surface area contributed by atoms with Gasteiger partial charge in [0.2, 0.25) is 11.8 Å². The summed E-state index contributed by atoms with van der Waals surface area (Å²) in [6, 6.07) is -1.14. The molecular formula is C13H24N6O4. The summed E-state index contributed by atoms with van der Waals surface area (Å²) in [7, 11) is 0. The second kappa shape index (κ2) is 9.62. The van der Waals surface area contributed by atoms with E-state index in [0.29, 0.717) is 25.8 Å². The van der Waals surface area contributed by atoms with Gasteiger partial charge in [-0.3, -0.25) is 19.4 Å². The first kappa shape index (κ1) is 18.7. The molecule has 1 saturated heterocycles. The summed E-state index contributed by atoms with van der Waals surface area (Å²) in [6.45, 7) is 0.585. The predicted molar refractivity (Wildman–Crippen MR) is 83.5 cm³/mol. The SMILES string of the molecule is NC(N)=NCCCC(NC(=O)C1CCCN1)C(=O)NCC(=O)O. The molecule has 0 saturated carbocycles. The lowest BCUT2D eigenvalue weighted by Gasteiger charge is -2.20. The van der Waals surface area contributed by atoms with Gasteiger partial charge in [0.05, 0.1) is 6.04 Å². The van der Waals surface area contributed by atoms with Crippen LogP contribution in [0.5, 0.6) is 0 Å². The third kappa shape index (κ3) is 7.45. The van der Waals surface area contributed by atoms with Crippen molar-refractivity contribution < 1.29 is 19.5 Å². The largest absolute Gasteiger partial charge is 0.480 e. The lowest BCUT2D eigenvalue weighted by Crippen LogP contribution is -2.52. The molecule has 2 amide bonds. The lowest BCUT2D eigenvalue weighted by molar-refractivity contribution is -0.138. The fourth-order valence-corrected chi connectivity index (χ4v) is 2.24. The van der Waals surface area contributed by atoms with Gasteiger partial charge in [-0.15, -0.1) is 0 Å². The highest BCUT2D eigenvalue weighted by molar-refractivity contribution is 5.91. The van der Waals surface area contributed by atoms with Gasteiger partial charge in [0.1, 0.15) is 12.6 Å². The van der Waals surface area contributed by atoms with Crippen molar-refractivity contribution in [2.45, 2.75) is 37.8 Å². The molecule has 1 aliphatic rings. The van der Waals surface area contributed by atoms with Gasteiger partial charge in [0.15, 0.2) is 5.96 Å². The Bertz CT molecular complexity index is 457. The number of amides is 2. The number of hydrogen-bond donors (Lipinski definition) is 6. The molecule has 0 aliphatic carbocycles. The van der Waals surface area contributed by atoms with Crippen molar-refractivity contribution in [3.63, 3.8) is 0 Å². The van der Waals surface area contributed by atoms with Gasteiger partial charge in [0.25, 0.3) is 0 Å². The number of carbonyl (C=O) groups is 3. The van der Waals surface area contributed by atoms with Crippen LogP contribution in [-0.4, -0.2) is 60.6 Å². The Labute approximate surface area is 134 Å². The van der Waals surface area contributed by atoms with Gasteiger partial charge in [-0.2, -0.15) is 0 Å². The van der Waals surface area contributed by atoms with Crippen LogP contribution in [0, 0.1) is 0 Å². The Morgan fingerprint density at radius 2 is 2.09 bits per heavy atom. The van der Waals surface area contributed by atoms with Gasteiger partial charge in [-0.05, 0) is 32.2 Å². The van der Waals surface area contributed by atoms with Crippen molar-refractivity contribution in [2.24, 2.45) is 16.5 Å². The van der Waals surface area contributed by atoms with Crippen LogP contribution in [0.1, 0.15) is 25.7 Å². The number of carbonyl (C=O) groups excluding carboxylic acids is 2. The number of nitrogens with one attached hydrogen (secondary N) is 3. The Morgan fingerprint density at radius 1 is 1.35 bits per heavy atom. The molecule has 23 heavy (non-hydrogen) atoms. The standard InChI is InChI=1S/C13H24N6O4/c14-13(15)17-6-2-4-9(11(22)18-7-10(20)21)19-12(23)8-3-1-5-16-8/h8-9,16H,1-7H2,(H,18,22)(H,19,23)(H,20,21)(H4,14,15,17). The van der Waals surface area contributed by atoms with Crippen molar-refractivity contribution in [3.8, 4) is 0 Å². The molecule has 1 rings (SSSR count). The average Bonchev–Trinajstić information content (AvgIpc) is 3.01. The van der Waals surface area contributed by atoms with Gasteiger partial charge in [0, 0.05) is 6.54 Å². The van der Waals surface area contributed by atoms with Crippen molar-refractivity contribution in [3.05, 3.63) is 0 Å². The molecule has 130 valence electrons. The van der Waals surface area contributed by atoms with Crippen LogP contribution in [-0.2, 0) is 14.4 Å². The Balaban J connectivity index is 2.55. The second-order valence-corrected chi connectivity index (χ2v) is 5.27. The summed E-state index contributed by atoms with van der Waals surface area (Å²) in [6.07, 6.45) is 2.39. The summed E-state index contributed by atoms with van der Waals surface area (Å²) in [4.78, 5) is 38.5. The summed E-state index contributed by atoms with van der Waals surface area (Å²) >= 11 is 0. The van der Waals surface area contributed by atoms with Crippen LogP contribution in [0.2, 0.25) is 0 Å². The van der Waals surface area contributed by atoms with E-state index >= 15 is 0 Å². The maximum atomic E-state index is 12.1. The van der Waals surface area contributed by atoms with E-state index < -0.39 is 24.5 Å². The fraction of sp³-hybridized carbons (Fsp3) is 0.692. The summed E-state index contributed by atoms with van der Waals surface area (Å²) in [5.41, 5.74) is 10.4. The van der Waals surface area contributed by atoms with Crippen molar-refractivity contribution in [2.75, 3.05) is 19.6 Å². The second-order valence-electron chi connectivity index (χ2n) is 5.27. The van der Waals surface area contributed by atoms with Crippen LogP contribution in [0.3, 0.4) is 0 Å². The van der Waals surface area contributed by atoms with Gasteiger partial charge in [-0.1, -0.05) is 0 Å². The number of nitrogens with two attached hydrogens (primary N) is 2. The molecule has 1 fully saturated rings. The van der Waals surface area contributed by atoms with Crippen molar-refractivity contribution in [1.82, 2.24) is 16.0 Å². The first-order valence-electron chi connectivity index (χ1n) is 7.49. The number of rotatable bonds is 9. The normalized spacial score (nSPS) is 18.0. The van der Waals surface area contributed by atoms with E-state index in [1.54, 1.807) is 0 Å². The highest BCUT2D eigenvalue weighted by Crippen LogP contribution is 2.06. The first-order chi connectivity index (χ1) is 10.9. The first-order valence-corrected chi connectivity index (χ1v) is 7.49. The molecular weight excluding hydrogens is 304 g/mol. The van der Waals surface area contributed by atoms with Crippen LogP contribution in [0.4, 0.5) is 0 Å². The van der Waals surface area contributed by atoms with Crippen molar-refractivity contribution in [1.29, 1.82) is 0 Å². The van der Waals surface area contributed by atoms with Crippen LogP contribution in [0.15, 0.2) is 4.99 Å². The molecule has 0 bridgehead atoms. The Hall–Kier alpha value is -2.36. The van der Waals surface area contributed by atoms with Gasteiger partial charge in [-0.25, -0.2) is 0 Å². The van der Waals surface area contributed by atoms with Crippen LogP contribution in [0.25, 0.3) is 0 Å². The Morgan fingerprint density at radius 3 is 2.65 bits per heavy atom. The number of aliphatic carboxylic acids is 1. The minimum Gasteiger partial charge on any atom is -0.480 e. The molecule has 2 unspecified atom stereocenters. The van der Waals surface area contributed by atoms with E-state index in [4.69, 9.17) is 16.6 Å². The zero-order valence-electron chi connectivity index (χ0n) is 12.9. The molecule has 10 heteroatoms. The Kier molecular flexibility index (Phi) is 7.81. The van der Waals surface area contributed by atoms with E-state index in [-0.39, 0.29) is 17.9 Å². The highest BCUT2D eigenvalue weighted by Gasteiger charge is 2.27. The summed E-state index contributed by atoms with van der Waals surface area (Å²) < 4.78 is 0. The average molecular weight is 328 g/mol. The number of nitrogens with zero attached hydrogens (tertiary/aromatic N) is 1. The van der Waals surface area contributed by atoms with E-state index in [2.05, 4.69) is 20.9 Å². The summed E-state index contributed by atoms with van der Waals surface area (Å²) in [5, 5.41) is 16.6. The maximum absolute atomic E-state index is 12.1. The maximum Gasteiger partial charge on any atom is 0.322 e. The van der Waals surface area contributed by atoms with E-state index in [1.807, 2.05) is 0 Å². The highest BCUT2D eigenvalue weighted by atomic mass is 16.4. The van der Waals surface area contributed by atoms with E-state index in [0.717, 1.165) is 13.0 Å². The van der Waals surface area contributed by atoms with Gasteiger partial charge >= 0.3 is 5.97 Å². The smallest absolute Gasteiger partial charge is 0.322 e. The topological polar surface area (TPSA) is 172 Å². The molecule has 8 N–H and O–H groups in total. The minimum atomic E-state index is -1.15. The zero-order valence-corrected chi connectivity index (χ0v) is 12.9. The number of guanidine groups is 1. The van der Waals surface area contributed by atoms with Crippen molar-refractivity contribution >= 4 is 23.7 Å². The molecule has 1 heterocycles. The lowest BCUT2D eigenvalue weighted by atomic mass is 10.1. The summed E-state index contributed by atoms with van der Waals surface area (Å²) in [5.74, 6) is -2.00. The van der Waals surface area contributed by atoms with E-state index in [9.17, 15) is 14.4 Å². The van der Waals surface area contributed by atoms with Crippen LogP contribution < -0.4 is 27.4 Å². The third-order valence-corrected chi connectivity index (χ3v) is 3.37. The van der Waals surface area contributed by atoms with Gasteiger partial charge < -0.3 is 32.5 Å². The zero-order chi connectivity index (χ0) is 17.2. The molecule has 0 spiro atoms. The van der Waals surface area contributed by atoms with E-state index in [1.165, 1.54) is 0 Å². The molecule has 0 aromatic rings. The molecule has 10 nitrogen and oxygen atoms in total. The molecule has 0 aromatic heterocycles. The number of aliphatic imine (C=N–C) groups is 1. The minimum absolute atomic E-state index is 0.0453. The number of hydrogen-bond acceptors (Lipinski definition) is 5. The quantitative estimate of drug-likeness (QED) is 0.154. The monoisotopic (exact) mass is 328 g/mol.